The van der Waals surface area contributed by atoms with Crippen molar-refractivity contribution < 1.29 is 4.68 Å². The average Bonchev–Trinajstić information content (AvgIpc) is 2.17. The number of hydrogen-bond acceptors (Lipinski definition) is 2. The number of aryl methyl sites for hydroxylation is 1. The summed E-state index contributed by atoms with van der Waals surface area (Å²) >= 11 is 5.72. The lowest BCUT2D eigenvalue weighted by Gasteiger charge is -2.09. The predicted molar refractivity (Wildman–Crippen MR) is 56.8 cm³/mol. The molecule has 0 aliphatic carbocycles. The van der Waals surface area contributed by atoms with Gasteiger partial charge in [0.15, 0.2) is 12.4 Å². The highest BCUT2D eigenvalue weighted by Gasteiger charge is 1.95. The fourth-order valence-electron chi connectivity index (χ4n) is 1.14. The maximum atomic E-state index is 5.72. The standard InChI is InChI=1S/C10H9ClN4/c1-8-7-9(13-10(11)12-8)14-15-5-3-2-4-6-15/h2-7H,1H3. The Morgan fingerprint density at radius 2 is 1.93 bits per heavy atom. The van der Waals surface area contributed by atoms with Crippen LogP contribution in [-0.4, -0.2) is 9.97 Å². The Kier molecular flexibility index (Phi) is 2.78. The summed E-state index contributed by atoms with van der Waals surface area (Å²) in [6.45, 7) is 1.85. The second-order valence-corrected chi connectivity index (χ2v) is 3.33. The molecule has 0 fully saturated rings. The second kappa shape index (κ2) is 4.23. The first-order valence-electron chi connectivity index (χ1n) is 4.43. The van der Waals surface area contributed by atoms with Gasteiger partial charge in [-0.05, 0) is 13.0 Å². The monoisotopic (exact) mass is 220 g/mol. The van der Waals surface area contributed by atoms with Crippen LogP contribution in [-0.2, 0) is 0 Å². The summed E-state index contributed by atoms with van der Waals surface area (Å²) in [7, 11) is 0. The van der Waals surface area contributed by atoms with Crippen molar-refractivity contribution in [2.75, 3.05) is 0 Å². The smallest absolute Gasteiger partial charge is 0.182 e. The molecule has 0 aromatic carbocycles. The van der Waals surface area contributed by atoms with Gasteiger partial charge in [-0.1, -0.05) is 17.7 Å². The van der Waals surface area contributed by atoms with Crippen LogP contribution in [0.15, 0.2) is 36.7 Å². The molecule has 0 atom stereocenters. The van der Waals surface area contributed by atoms with E-state index in [0.717, 1.165) is 5.69 Å². The molecule has 4 nitrogen and oxygen atoms in total. The van der Waals surface area contributed by atoms with Crippen molar-refractivity contribution in [2.45, 2.75) is 6.92 Å². The van der Waals surface area contributed by atoms with Crippen LogP contribution in [0.5, 0.6) is 0 Å². The SMILES string of the molecule is Cc1cc([N-][n+]2ccccc2)nc(Cl)n1. The van der Waals surface area contributed by atoms with E-state index < -0.39 is 0 Å². The molecule has 76 valence electrons. The van der Waals surface area contributed by atoms with E-state index in [9.17, 15) is 0 Å². The van der Waals surface area contributed by atoms with E-state index in [-0.39, 0.29) is 5.28 Å². The lowest BCUT2D eigenvalue weighted by atomic mass is 10.4. The Labute approximate surface area is 92.5 Å². The molecule has 0 spiro atoms. The van der Waals surface area contributed by atoms with E-state index in [1.165, 1.54) is 0 Å². The van der Waals surface area contributed by atoms with Gasteiger partial charge in [0.05, 0.1) is 0 Å². The Hall–Kier alpha value is -1.68. The molecule has 2 aromatic rings. The van der Waals surface area contributed by atoms with Crippen molar-refractivity contribution in [2.24, 2.45) is 0 Å². The van der Waals surface area contributed by atoms with Gasteiger partial charge in [-0.3, -0.25) is 0 Å². The lowest BCUT2D eigenvalue weighted by molar-refractivity contribution is -0.619. The van der Waals surface area contributed by atoms with E-state index in [1.54, 1.807) is 10.7 Å². The molecule has 0 saturated carbocycles. The topological polar surface area (TPSA) is 43.8 Å². The van der Waals surface area contributed by atoms with Crippen molar-refractivity contribution in [3.05, 3.63) is 53.1 Å². The highest BCUT2D eigenvalue weighted by Crippen LogP contribution is 2.14. The zero-order valence-corrected chi connectivity index (χ0v) is 8.89. The molecule has 0 radical (unpaired) electrons. The normalized spacial score (nSPS) is 10.0. The van der Waals surface area contributed by atoms with Crippen LogP contribution in [0.2, 0.25) is 5.28 Å². The van der Waals surface area contributed by atoms with Crippen LogP contribution in [0, 0.1) is 6.92 Å². The summed E-state index contributed by atoms with van der Waals surface area (Å²) in [5.41, 5.74) is 5.04. The van der Waals surface area contributed by atoms with Crippen molar-refractivity contribution in [1.29, 1.82) is 0 Å². The Morgan fingerprint density at radius 3 is 2.60 bits per heavy atom. The molecule has 0 bridgehead atoms. The van der Waals surface area contributed by atoms with Gasteiger partial charge in [0, 0.05) is 23.6 Å². The van der Waals surface area contributed by atoms with Crippen LogP contribution in [0.1, 0.15) is 5.69 Å². The third kappa shape index (κ3) is 2.63. The molecular weight excluding hydrogens is 212 g/mol. The first kappa shape index (κ1) is 9.86. The molecule has 0 N–H and O–H groups in total. The first-order valence-corrected chi connectivity index (χ1v) is 4.81. The molecule has 2 aromatic heterocycles. The van der Waals surface area contributed by atoms with Gasteiger partial charge in [-0.15, -0.1) is 0 Å². The summed E-state index contributed by atoms with van der Waals surface area (Å²) in [4.78, 5) is 7.96. The zero-order valence-electron chi connectivity index (χ0n) is 8.13. The summed E-state index contributed by atoms with van der Waals surface area (Å²) in [6, 6.07) is 7.47. The van der Waals surface area contributed by atoms with Crippen molar-refractivity contribution >= 4 is 17.4 Å². The predicted octanol–water partition coefficient (Wildman–Crippen LogP) is 2.19. The number of nitrogens with zero attached hydrogens (tertiary/aromatic N) is 4. The highest BCUT2D eigenvalue weighted by molar-refractivity contribution is 6.28. The molecule has 5 heteroatoms. The number of hydrogen-bond donors (Lipinski definition) is 0. The van der Waals surface area contributed by atoms with Crippen LogP contribution in [0.25, 0.3) is 5.43 Å². The summed E-state index contributed by atoms with van der Waals surface area (Å²) in [5, 5.41) is 0.213. The van der Waals surface area contributed by atoms with Gasteiger partial charge in [-0.2, -0.15) is 10.1 Å². The van der Waals surface area contributed by atoms with Crippen LogP contribution >= 0.6 is 11.6 Å². The van der Waals surface area contributed by atoms with E-state index in [1.807, 2.05) is 37.5 Å². The molecule has 2 rings (SSSR count). The van der Waals surface area contributed by atoms with Crippen molar-refractivity contribution in [1.82, 2.24) is 9.97 Å². The number of pyridine rings is 1. The minimum atomic E-state index is 0.213. The molecule has 0 saturated heterocycles. The third-order valence-corrected chi connectivity index (χ3v) is 1.90. The third-order valence-electron chi connectivity index (χ3n) is 1.73. The molecule has 15 heavy (non-hydrogen) atoms. The summed E-state index contributed by atoms with van der Waals surface area (Å²) in [5.74, 6) is 0.545. The molecule has 2 heterocycles. The minimum Gasteiger partial charge on any atom is -0.405 e. The Morgan fingerprint density at radius 1 is 1.20 bits per heavy atom. The fraction of sp³-hybridized carbons (Fsp3) is 0.100. The maximum Gasteiger partial charge on any atom is 0.182 e. The van der Waals surface area contributed by atoms with Crippen LogP contribution in [0.3, 0.4) is 0 Å². The quantitative estimate of drug-likeness (QED) is 0.575. The lowest BCUT2D eigenvalue weighted by Crippen LogP contribution is -2.26. The van der Waals surface area contributed by atoms with Crippen LogP contribution in [0.4, 0.5) is 5.82 Å². The van der Waals surface area contributed by atoms with Gasteiger partial charge in [0.2, 0.25) is 0 Å². The largest absolute Gasteiger partial charge is 0.405 e. The summed E-state index contributed by atoms with van der Waals surface area (Å²) < 4.78 is 1.66. The van der Waals surface area contributed by atoms with Gasteiger partial charge in [0.1, 0.15) is 5.28 Å². The summed E-state index contributed by atoms with van der Waals surface area (Å²) in [6.07, 6.45) is 3.65. The molecular formula is C10H9ClN4. The van der Waals surface area contributed by atoms with E-state index in [4.69, 9.17) is 11.6 Å². The first-order chi connectivity index (χ1) is 7.24. The fourth-order valence-corrected chi connectivity index (χ4v) is 1.36. The zero-order chi connectivity index (χ0) is 10.7. The average molecular weight is 221 g/mol. The van der Waals surface area contributed by atoms with E-state index in [2.05, 4.69) is 15.4 Å². The van der Waals surface area contributed by atoms with E-state index in [0.29, 0.717) is 5.82 Å². The van der Waals surface area contributed by atoms with E-state index >= 15 is 0 Å². The Bertz CT molecular complexity index is 438. The van der Waals surface area contributed by atoms with Gasteiger partial charge in [0.25, 0.3) is 0 Å². The molecule has 0 aliphatic rings. The van der Waals surface area contributed by atoms with Gasteiger partial charge in [-0.25, -0.2) is 4.98 Å². The molecule has 0 aliphatic heterocycles. The second-order valence-electron chi connectivity index (χ2n) is 2.99. The van der Waals surface area contributed by atoms with Gasteiger partial charge < -0.3 is 4.98 Å². The molecule has 0 amide bonds. The minimum absolute atomic E-state index is 0.213. The van der Waals surface area contributed by atoms with Crippen LogP contribution < -0.4 is 4.68 Å². The highest BCUT2D eigenvalue weighted by atomic mass is 35.5. The Balaban J connectivity index is 2.25. The number of aromatic nitrogens is 3. The van der Waals surface area contributed by atoms with Crippen molar-refractivity contribution in [3.63, 3.8) is 0 Å². The number of rotatable bonds is 2. The maximum absolute atomic E-state index is 5.72. The van der Waals surface area contributed by atoms with Gasteiger partial charge >= 0.3 is 0 Å². The number of halogens is 1. The molecule has 0 unspecified atom stereocenters. The van der Waals surface area contributed by atoms with Crippen molar-refractivity contribution in [3.8, 4) is 0 Å².